The molecule has 0 amide bonds. The molecule has 27 heavy (non-hydrogen) atoms. The molecule has 0 radical (unpaired) electrons. The second-order valence-electron chi connectivity index (χ2n) is 6.12. The van der Waals surface area contributed by atoms with E-state index in [1.165, 1.54) is 16.4 Å². The van der Waals surface area contributed by atoms with Crippen LogP contribution < -0.4 is 4.72 Å². The minimum absolute atomic E-state index is 0.219. The summed E-state index contributed by atoms with van der Waals surface area (Å²) >= 11 is 0. The second-order valence-corrected chi connectivity index (χ2v) is 9.83. The lowest BCUT2D eigenvalue weighted by Crippen LogP contribution is -2.40. The summed E-state index contributed by atoms with van der Waals surface area (Å²) < 4.78 is 58.7. The number of hydrogen-bond acceptors (Lipinski definition) is 5. The molecule has 1 heterocycles. The summed E-state index contributed by atoms with van der Waals surface area (Å²) in [7, 11) is -7.06. The Kier molecular flexibility index (Phi) is 6.28. The number of nitrogens with zero attached hydrogens (tertiary/aromatic N) is 1. The normalized spacial score (nSPS) is 16.3. The van der Waals surface area contributed by atoms with Gasteiger partial charge in [-0.2, -0.15) is 4.31 Å². The average Bonchev–Trinajstić information content (AvgIpc) is 2.70. The molecule has 2 aromatic rings. The van der Waals surface area contributed by atoms with Crippen molar-refractivity contribution in [3.05, 3.63) is 60.2 Å². The van der Waals surface area contributed by atoms with Gasteiger partial charge in [0.1, 0.15) is 0 Å². The van der Waals surface area contributed by atoms with Crippen LogP contribution in [-0.2, 0) is 31.2 Å². The van der Waals surface area contributed by atoms with Crippen LogP contribution in [0, 0.1) is 0 Å². The zero-order valence-electron chi connectivity index (χ0n) is 14.7. The number of nitrogens with one attached hydrogen (secondary N) is 1. The van der Waals surface area contributed by atoms with Gasteiger partial charge in [0.05, 0.1) is 23.0 Å². The molecule has 0 aliphatic carbocycles. The highest BCUT2D eigenvalue weighted by Crippen LogP contribution is 2.18. The van der Waals surface area contributed by atoms with Gasteiger partial charge in [0, 0.05) is 19.6 Å². The zero-order valence-corrected chi connectivity index (χ0v) is 16.4. The van der Waals surface area contributed by atoms with Crippen LogP contribution in [0.15, 0.2) is 64.4 Å². The van der Waals surface area contributed by atoms with Crippen molar-refractivity contribution in [2.75, 3.05) is 32.8 Å². The molecule has 1 saturated heterocycles. The van der Waals surface area contributed by atoms with E-state index in [2.05, 4.69) is 4.72 Å². The highest BCUT2D eigenvalue weighted by atomic mass is 32.2. The molecular formula is C18H22N2O5S2. The summed E-state index contributed by atoms with van der Waals surface area (Å²) in [6.45, 7) is 1.74. The first-order chi connectivity index (χ1) is 12.9. The molecule has 1 fully saturated rings. The van der Waals surface area contributed by atoms with Crippen molar-refractivity contribution in [2.45, 2.75) is 16.2 Å². The van der Waals surface area contributed by atoms with Gasteiger partial charge < -0.3 is 4.74 Å². The van der Waals surface area contributed by atoms with Gasteiger partial charge in [-0.15, -0.1) is 0 Å². The van der Waals surface area contributed by atoms with Crippen LogP contribution in [-0.4, -0.2) is 54.0 Å². The van der Waals surface area contributed by atoms with Gasteiger partial charge in [-0.05, 0) is 36.2 Å². The summed E-state index contributed by atoms with van der Waals surface area (Å²) in [5.74, 6) is 0. The van der Waals surface area contributed by atoms with E-state index in [0.717, 1.165) is 5.56 Å². The van der Waals surface area contributed by atoms with E-state index in [1.807, 2.05) is 0 Å². The van der Waals surface area contributed by atoms with Crippen molar-refractivity contribution in [3.8, 4) is 0 Å². The van der Waals surface area contributed by atoms with Gasteiger partial charge in [-0.25, -0.2) is 21.6 Å². The lowest BCUT2D eigenvalue weighted by molar-refractivity contribution is 0.0730. The lowest BCUT2D eigenvalue weighted by atomic mass is 10.2. The maximum absolute atomic E-state index is 12.6. The number of sulfonamides is 2. The average molecular weight is 411 g/mol. The molecule has 2 aromatic carbocycles. The number of benzene rings is 2. The molecule has 0 aromatic heterocycles. The van der Waals surface area contributed by atoms with Crippen LogP contribution in [0.1, 0.15) is 5.56 Å². The Bertz CT molecular complexity index is 953. The van der Waals surface area contributed by atoms with Crippen molar-refractivity contribution in [1.29, 1.82) is 0 Å². The van der Waals surface area contributed by atoms with Crippen molar-refractivity contribution < 1.29 is 21.6 Å². The monoisotopic (exact) mass is 410 g/mol. The Morgan fingerprint density at radius 2 is 1.48 bits per heavy atom. The van der Waals surface area contributed by atoms with Gasteiger partial charge in [0.15, 0.2) is 0 Å². The van der Waals surface area contributed by atoms with Crippen LogP contribution >= 0.6 is 0 Å². The maximum atomic E-state index is 12.6. The van der Waals surface area contributed by atoms with Crippen molar-refractivity contribution in [1.82, 2.24) is 9.03 Å². The third-order valence-electron chi connectivity index (χ3n) is 4.29. The minimum atomic E-state index is -3.54. The lowest BCUT2D eigenvalue weighted by Gasteiger charge is -2.26. The van der Waals surface area contributed by atoms with Gasteiger partial charge in [0.2, 0.25) is 20.0 Å². The van der Waals surface area contributed by atoms with Crippen LogP contribution in [0.2, 0.25) is 0 Å². The van der Waals surface area contributed by atoms with Crippen LogP contribution in [0.5, 0.6) is 0 Å². The zero-order chi connectivity index (χ0) is 19.3. The standard InChI is InChI=1S/C18H22N2O5S2/c21-26(22,17-4-2-1-3-5-17)19-11-10-16-6-8-18(9-7-16)27(23,24)20-12-14-25-15-13-20/h1-9,19H,10-15H2. The fourth-order valence-corrected chi connectivity index (χ4v) is 5.24. The van der Waals surface area contributed by atoms with Gasteiger partial charge in [0.25, 0.3) is 0 Å². The molecule has 7 nitrogen and oxygen atoms in total. The van der Waals surface area contributed by atoms with Crippen molar-refractivity contribution in [2.24, 2.45) is 0 Å². The summed E-state index contributed by atoms with van der Waals surface area (Å²) in [6, 6.07) is 14.7. The highest BCUT2D eigenvalue weighted by Gasteiger charge is 2.26. The Morgan fingerprint density at radius 3 is 2.11 bits per heavy atom. The molecule has 3 rings (SSSR count). The topological polar surface area (TPSA) is 92.8 Å². The molecule has 0 saturated carbocycles. The number of ether oxygens (including phenoxy) is 1. The summed E-state index contributed by atoms with van der Waals surface area (Å²) in [6.07, 6.45) is 0.462. The number of rotatable bonds is 7. The van der Waals surface area contributed by atoms with Crippen molar-refractivity contribution >= 4 is 20.0 Å². The van der Waals surface area contributed by atoms with E-state index < -0.39 is 20.0 Å². The predicted molar refractivity (Wildman–Crippen MR) is 101 cm³/mol. The molecule has 1 aliphatic heterocycles. The first-order valence-electron chi connectivity index (χ1n) is 8.61. The predicted octanol–water partition coefficient (Wildman–Crippen LogP) is 1.23. The van der Waals surface area contributed by atoms with Gasteiger partial charge >= 0.3 is 0 Å². The molecule has 0 bridgehead atoms. The third kappa shape index (κ3) is 4.94. The Hall–Kier alpha value is -1.78. The molecule has 1 N–H and O–H groups in total. The smallest absolute Gasteiger partial charge is 0.243 e. The molecule has 0 atom stereocenters. The fourth-order valence-electron chi connectivity index (χ4n) is 2.78. The summed E-state index contributed by atoms with van der Waals surface area (Å²) in [5.41, 5.74) is 0.853. The number of hydrogen-bond donors (Lipinski definition) is 1. The quantitative estimate of drug-likeness (QED) is 0.741. The maximum Gasteiger partial charge on any atom is 0.243 e. The molecule has 9 heteroatoms. The van der Waals surface area contributed by atoms with E-state index in [-0.39, 0.29) is 16.3 Å². The Balaban J connectivity index is 1.59. The van der Waals surface area contributed by atoms with E-state index in [4.69, 9.17) is 4.74 Å². The summed E-state index contributed by atoms with van der Waals surface area (Å²) in [5, 5.41) is 0. The number of morpholine rings is 1. The highest BCUT2D eigenvalue weighted by molar-refractivity contribution is 7.89. The van der Waals surface area contributed by atoms with Gasteiger partial charge in [-0.1, -0.05) is 30.3 Å². The van der Waals surface area contributed by atoms with Gasteiger partial charge in [-0.3, -0.25) is 0 Å². The van der Waals surface area contributed by atoms with E-state index in [0.29, 0.717) is 32.7 Å². The van der Waals surface area contributed by atoms with E-state index in [1.54, 1.807) is 42.5 Å². The third-order valence-corrected chi connectivity index (χ3v) is 7.68. The van der Waals surface area contributed by atoms with Crippen molar-refractivity contribution in [3.63, 3.8) is 0 Å². The fraction of sp³-hybridized carbons (Fsp3) is 0.333. The molecular weight excluding hydrogens is 388 g/mol. The largest absolute Gasteiger partial charge is 0.379 e. The second kappa shape index (κ2) is 8.49. The Labute approximate surface area is 160 Å². The Morgan fingerprint density at radius 1 is 0.852 bits per heavy atom. The molecule has 146 valence electrons. The summed E-state index contributed by atoms with van der Waals surface area (Å²) in [4.78, 5) is 0.454. The van der Waals surface area contributed by atoms with Crippen LogP contribution in [0.25, 0.3) is 0 Å². The minimum Gasteiger partial charge on any atom is -0.379 e. The van der Waals surface area contributed by atoms with Crippen LogP contribution in [0.4, 0.5) is 0 Å². The molecule has 0 spiro atoms. The SMILES string of the molecule is O=S(=O)(NCCc1ccc(S(=O)(=O)N2CCOCC2)cc1)c1ccccc1. The molecule has 1 aliphatic rings. The first kappa shape index (κ1) is 20.0. The van der Waals surface area contributed by atoms with E-state index >= 15 is 0 Å². The van der Waals surface area contributed by atoms with Crippen LogP contribution in [0.3, 0.4) is 0 Å². The van der Waals surface area contributed by atoms with E-state index in [9.17, 15) is 16.8 Å². The first-order valence-corrected chi connectivity index (χ1v) is 11.5. The molecule has 0 unspecified atom stereocenters.